The molecule has 2 aromatic carbocycles. The van der Waals surface area contributed by atoms with Gasteiger partial charge in [-0.3, -0.25) is 9.59 Å². The minimum absolute atomic E-state index is 0.0827. The fourth-order valence-electron chi connectivity index (χ4n) is 2.32. The second kappa shape index (κ2) is 8.28. The van der Waals surface area contributed by atoms with Crippen LogP contribution in [-0.4, -0.2) is 18.4 Å². The van der Waals surface area contributed by atoms with Crippen LogP contribution in [0.1, 0.15) is 24.5 Å². The van der Waals surface area contributed by atoms with Crippen molar-refractivity contribution < 1.29 is 9.59 Å². The average molecular weight is 332 g/mol. The summed E-state index contributed by atoms with van der Waals surface area (Å²) in [5.41, 5.74) is 1.96. The van der Waals surface area contributed by atoms with Gasteiger partial charge in [-0.15, -0.1) is 0 Å². The second-order valence-electron chi connectivity index (χ2n) is 5.29. The molecule has 0 radical (unpaired) electrons. The Balaban J connectivity index is 2.03. The van der Waals surface area contributed by atoms with Gasteiger partial charge in [0.1, 0.15) is 6.07 Å². The monoisotopic (exact) mass is 332 g/mol. The first-order valence-corrected chi connectivity index (χ1v) is 7.62. The minimum Gasteiger partial charge on any atom is -0.326 e. The van der Waals surface area contributed by atoms with Gasteiger partial charge in [0.05, 0.1) is 22.9 Å². The van der Waals surface area contributed by atoms with Crippen LogP contribution in [-0.2, 0) is 9.59 Å². The molecule has 2 amide bonds. The number of rotatable bonds is 5. The fraction of sp³-hybridized carbons (Fsp3) is 0.158. The molecule has 0 aromatic heterocycles. The molecule has 0 aliphatic rings. The van der Waals surface area contributed by atoms with Crippen molar-refractivity contribution in [1.29, 1.82) is 10.5 Å². The number of benzene rings is 2. The van der Waals surface area contributed by atoms with Gasteiger partial charge in [-0.05, 0) is 36.4 Å². The predicted octanol–water partition coefficient (Wildman–Crippen LogP) is 2.81. The first-order valence-electron chi connectivity index (χ1n) is 7.62. The van der Waals surface area contributed by atoms with Gasteiger partial charge in [0.25, 0.3) is 0 Å². The van der Waals surface area contributed by atoms with E-state index < -0.39 is 0 Å². The molecule has 0 aliphatic heterocycles. The molecular formula is C19H16N4O2. The highest BCUT2D eigenvalue weighted by atomic mass is 16.2. The van der Waals surface area contributed by atoms with Crippen molar-refractivity contribution in [2.24, 2.45) is 0 Å². The molecule has 0 atom stereocenters. The van der Waals surface area contributed by atoms with E-state index >= 15 is 0 Å². The summed E-state index contributed by atoms with van der Waals surface area (Å²) < 4.78 is 0. The summed E-state index contributed by atoms with van der Waals surface area (Å²) in [5.74, 6) is -0.501. The molecule has 0 unspecified atom stereocenters. The molecule has 0 aliphatic carbocycles. The zero-order valence-electron chi connectivity index (χ0n) is 13.7. The molecule has 6 nitrogen and oxygen atoms in total. The minimum atomic E-state index is -0.259. The lowest BCUT2D eigenvalue weighted by atomic mass is 10.1. The van der Waals surface area contributed by atoms with E-state index in [1.165, 1.54) is 11.8 Å². The van der Waals surface area contributed by atoms with Crippen LogP contribution < -0.4 is 10.2 Å². The van der Waals surface area contributed by atoms with Gasteiger partial charge in [-0.1, -0.05) is 12.1 Å². The molecule has 0 fully saturated rings. The summed E-state index contributed by atoms with van der Waals surface area (Å²) in [4.78, 5) is 25.4. The van der Waals surface area contributed by atoms with E-state index in [4.69, 9.17) is 5.26 Å². The summed E-state index contributed by atoms with van der Waals surface area (Å²) in [6.07, 6.45) is 0.0827. The van der Waals surface area contributed by atoms with Crippen LogP contribution in [0.4, 0.5) is 11.4 Å². The lowest BCUT2D eigenvalue weighted by Crippen LogP contribution is -2.32. The third-order valence-electron chi connectivity index (χ3n) is 3.56. The number of nitrogens with zero attached hydrogens (tertiary/aromatic N) is 3. The third-order valence-corrected chi connectivity index (χ3v) is 3.56. The molecule has 1 N–H and O–H groups in total. The Hall–Kier alpha value is -3.64. The maximum absolute atomic E-state index is 12.1. The first kappa shape index (κ1) is 17.7. The Kier molecular flexibility index (Phi) is 5.86. The normalized spacial score (nSPS) is 9.56. The Morgan fingerprint density at radius 2 is 1.72 bits per heavy atom. The van der Waals surface area contributed by atoms with Crippen molar-refractivity contribution in [3.63, 3.8) is 0 Å². The summed E-state index contributed by atoms with van der Waals surface area (Å²) in [5, 5.41) is 20.7. The first-order chi connectivity index (χ1) is 12.0. The summed E-state index contributed by atoms with van der Waals surface area (Å²) >= 11 is 0. The number of carbonyl (C=O) groups excluding carboxylic acids is 2. The van der Waals surface area contributed by atoms with Crippen LogP contribution in [0.15, 0.2) is 48.5 Å². The van der Waals surface area contributed by atoms with Crippen LogP contribution in [0.25, 0.3) is 0 Å². The van der Waals surface area contributed by atoms with Crippen LogP contribution in [0, 0.1) is 22.7 Å². The molecule has 0 spiro atoms. The van der Waals surface area contributed by atoms with Crippen LogP contribution in [0.3, 0.4) is 0 Å². The summed E-state index contributed by atoms with van der Waals surface area (Å²) in [7, 11) is 0. The SMILES string of the molecule is CC(=O)N(CCC(=O)Nc1ccc(C#N)cc1)c1ccccc1C#N. The lowest BCUT2D eigenvalue weighted by molar-refractivity contribution is -0.117. The quantitative estimate of drug-likeness (QED) is 0.910. The smallest absolute Gasteiger partial charge is 0.226 e. The zero-order chi connectivity index (χ0) is 18.2. The van der Waals surface area contributed by atoms with Crippen molar-refractivity contribution in [2.75, 3.05) is 16.8 Å². The fourth-order valence-corrected chi connectivity index (χ4v) is 2.32. The van der Waals surface area contributed by atoms with E-state index in [-0.39, 0.29) is 24.8 Å². The Labute approximate surface area is 145 Å². The van der Waals surface area contributed by atoms with Crippen LogP contribution in [0.2, 0.25) is 0 Å². The molecule has 0 bridgehead atoms. The van der Waals surface area contributed by atoms with E-state index in [9.17, 15) is 14.9 Å². The number of para-hydroxylation sites is 1. The molecule has 0 heterocycles. The van der Waals surface area contributed by atoms with E-state index in [0.717, 1.165) is 0 Å². The molecular weight excluding hydrogens is 316 g/mol. The van der Waals surface area contributed by atoms with Crippen LogP contribution in [0.5, 0.6) is 0 Å². The number of hydrogen-bond donors (Lipinski definition) is 1. The lowest BCUT2D eigenvalue weighted by Gasteiger charge is -2.22. The number of nitriles is 2. The maximum atomic E-state index is 12.1. The van der Waals surface area contributed by atoms with Gasteiger partial charge in [0.2, 0.25) is 11.8 Å². The molecule has 0 saturated heterocycles. The molecule has 124 valence electrons. The Morgan fingerprint density at radius 1 is 1.04 bits per heavy atom. The second-order valence-corrected chi connectivity index (χ2v) is 5.29. The highest BCUT2D eigenvalue weighted by molar-refractivity contribution is 5.95. The number of anilines is 2. The average Bonchev–Trinajstić information content (AvgIpc) is 2.62. The summed E-state index contributed by atoms with van der Waals surface area (Å²) in [6, 6.07) is 17.3. The molecule has 25 heavy (non-hydrogen) atoms. The number of nitrogens with one attached hydrogen (secondary N) is 1. The van der Waals surface area contributed by atoms with E-state index in [1.54, 1.807) is 48.5 Å². The van der Waals surface area contributed by atoms with Gasteiger partial charge in [-0.2, -0.15) is 10.5 Å². The topological polar surface area (TPSA) is 97.0 Å². The highest BCUT2D eigenvalue weighted by Gasteiger charge is 2.16. The van der Waals surface area contributed by atoms with Crippen molar-refractivity contribution >= 4 is 23.2 Å². The molecule has 2 aromatic rings. The molecule has 2 rings (SSSR count). The van der Waals surface area contributed by atoms with E-state index in [0.29, 0.717) is 22.5 Å². The van der Waals surface area contributed by atoms with Crippen molar-refractivity contribution in [3.8, 4) is 12.1 Å². The zero-order valence-corrected chi connectivity index (χ0v) is 13.7. The predicted molar refractivity (Wildman–Crippen MR) is 93.6 cm³/mol. The molecule has 0 saturated carbocycles. The number of hydrogen-bond acceptors (Lipinski definition) is 4. The number of carbonyl (C=O) groups is 2. The highest BCUT2D eigenvalue weighted by Crippen LogP contribution is 2.20. The van der Waals surface area contributed by atoms with Crippen molar-refractivity contribution in [2.45, 2.75) is 13.3 Å². The van der Waals surface area contributed by atoms with Gasteiger partial charge < -0.3 is 10.2 Å². The van der Waals surface area contributed by atoms with Crippen LogP contribution >= 0.6 is 0 Å². The van der Waals surface area contributed by atoms with Gasteiger partial charge in [0, 0.05) is 25.6 Å². The number of amides is 2. The van der Waals surface area contributed by atoms with Crippen molar-refractivity contribution in [1.82, 2.24) is 0 Å². The van der Waals surface area contributed by atoms with Gasteiger partial charge in [-0.25, -0.2) is 0 Å². The largest absolute Gasteiger partial charge is 0.326 e. The van der Waals surface area contributed by atoms with E-state index in [1.807, 2.05) is 12.1 Å². The van der Waals surface area contributed by atoms with Crippen molar-refractivity contribution in [3.05, 3.63) is 59.7 Å². The Bertz CT molecular complexity index is 860. The standard InChI is InChI=1S/C19H16N4O2/c1-14(24)23(18-5-3-2-4-16(18)13-21)11-10-19(25)22-17-8-6-15(12-20)7-9-17/h2-9H,10-11H2,1H3,(H,22,25). The Morgan fingerprint density at radius 3 is 2.32 bits per heavy atom. The maximum Gasteiger partial charge on any atom is 0.226 e. The summed E-state index contributed by atoms with van der Waals surface area (Å²) in [6.45, 7) is 1.56. The van der Waals surface area contributed by atoms with Gasteiger partial charge in [0.15, 0.2) is 0 Å². The third kappa shape index (κ3) is 4.66. The van der Waals surface area contributed by atoms with Gasteiger partial charge >= 0.3 is 0 Å². The molecule has 6 heteroatoms. The van der Waals surface area contributed by atoms with E-state index in [2.05, 4.69) is 5.32 Å².